The summed E-state index contributed by atoms with van der Waals surface area (Å²) in [4.78, 5) is 33.0. The fourth-order valence-electron chi connectivity index (χ4n) is 4.15. The van der Waals surface area contributed by atoms with Crippen molar-refractivity contribution in [3.05, 3.63) is 64.7 Å². The molecule has 0 aliphatic carbocycles. The lowest BCUT2D eigenvalue weighted by Crippen LogP contribution is -2.38. The molecule has 4 rings (SSSR count). The summed E-state index contributed by atoms with van der Waals surface area (Å²) < 4.78 is 31.8. The van der Waals surface area contributed by atoms with Crippen LogP contribution in [0.5, 0.6) is 0 Å². The molecule has 0 spiro atoms. The summed E-state index contributed by atoms with van der Waals surface area (Å²) in [6, 6.07) is 13.0. The standard InChI is InChI=1S/C24H27N3O5S/c1-24(2,3)32-23(29)26-15-9-13-18(26)21-25-17-12-8-14-19(33(4,30)31)20(17)22(28)27(21)16-10-6-5-7-11-16/h5-8,10-12,14,18H,9,13,15H2,1-4H3. The van der Waals surface area contributed by atoms with Crippen molar-refractivity contribution in [1.29, 1.82) is 0 Å². The minimum atomic E-state index is -3.67. The van der Waals surface area contributed by atoms with Gasteiger partial charge in [-0.15, -0.1) is 0 Å². The molecule has 1 unspecified atom stereocenters. The summed E-state index contributed by atoms with van der Waals surface area (Å²) in [7, 11) is -3.67. The van der Waals surface area contributed by atoms with Gasteiger partial charge < -0.3 is 4.74 Å². The topological polar surface area (TPSA) is 98.6 Å². The fraction of sp³-hybridized carbons (Fsp3) is 0.375. The van der Waals surface area contributed by atoms with E-state index in [1.807, 2.05) is 6.07 Å². The van der Waals surface area contributed by atoms with Crippen LogP contribution in [0, 0.1) is 0 Å². The van der Waals surface area contributed by atoms with Crippen molar-refractivity contribution in [3.63, 3.8) is 0 Å². The van der Waals surface area contributed by atoms with Gasteiger partial charge in [0.15, 0.2) is 9.84 Å². The Labute approximate surface area is 192 Å². The Balaban J connectivity index is 1.99. The first kappa shape index (κ1) is 23.0. The van der Waals surface area contributed by atoms with Crippen LogP contribution >= 0.6 is 0 Å². The monoisotopic (exact) mass is 469 g/mol. The summed E-state index contributed by atoms with van der Waals surface area (Å²) >= 11 is 0. The maximum Gasteiger partial charge on any atom is 0.410 e. The highest BCUT2D eigenvalue weighted by molar-refractivity contribution is 7.91. The van der Waals surface area contributed by atoms with E-state index in [1.165, 1.54) is 10.6 Å². The SMILES string of the molecule is CC(C)(C)OC(=O)N1CCCC1c1nc2cccc(S(C)(=O)=O)c2c(=O)n1-c1ccccc1. The van der Waals surface area contributed by atoms with E-state index in [0.717, 1.165) is 12.7 Å². The van der Waals surface area contributed by atoms with Gasteiger partial charge in [-0.05, 0) is 57.9 Å². The summed E-state index contributed by atoms with van der Waals surface area (Å²) in [5.74, 6) is 0.382. The molecule has 0 N–H and O–H groups in total. The number of para-hydroxylation sites is 1. The van der Waals surface area contributed by atoms with Gasteiger partial charge in [0.1, 0.15) is 11.4 Å². The Morgan fingerprint density at radius 3 is 2.42 bits per heavy atom. The molecule has 9 heteroatoms. The van der Waals surface area contributed by atoms with Gasteiger partial charge in [-0.3, -0.25) is 14.3 Å². The second-order valence-electron chi connectivity index (χ2n) is 9.20. The molecule has 1 saturated heterocycles. The van der Waals surface area contributed by atoms with E-state index in [2.05, 4.69) is 0 Å². The van der Waals surface area contributed by atoms with Crippen molar-refractivity contribution < 1.29 is 17.9 Å². The summed E-state index contributed by atoms with van der Waals surface area (Å²) in [5.41, 5.74) is -0.324. The Morgan fingerprint density at radius 2 is 1.79 bits per heavy atom. The third-order valence-corrected chi connectivity index (χ3v) is 6.62. The highest BCUT2D eigenvalue weighted by atomic mass is 32.2. The molecule has 2 aromatic carbocycles. The van der Waals surface area contributed by atoms with Crippen molar-refractivity contribution in [2.75, 3.05) is 12.8 Å². The maximum atomic E-state index is 13.8. The Bertz CT molecular complexity index is 1370. The lowest BCUT2D eigenvalue weighted by molar-refractivity contribution is 0.0216. The van der Waals surface area contributed by atoms with Crippen LogP contribution in [0.1, 0.15) is 45.5 Å². The minimum absolute atomic E-state index is 0.0365. The number of carbonyl (C=O) groups excluding carboxylic acids is 1. The predicted octanol–water partition coefficient (Wildman–Crippen LogP) is 3.86. The normalized spacial score (nSPS) is 16.8. The van der Waals surface area contributed by atoms with Crippen LogP contribution < -0.4 is 5.56 Å². The van der Waals surface area contributed by atoms with Crippen LogP contribution in [0.25, 0.3) is 16.6 Å². The Kier molecular flexibility index (Phi) is 5.78. The lowest BCUT2D eigenvalue weighted by Gasteiger charge is -2.29. The molecule has 174 valence electrons. The smallest absolute Gasteiger partial charge is 0.410 e. The minimum Gasteiger partial charge on any atom is -0.444 e. The van der Waals surface area contributed by atoms with Gasteiger partial charge in [-0.1, -0.05) is 24.3 Å². The third-order valence-electron chi connectivity index (χ3n) is 5.48. The van der Waals surface area contributed by atoms with Crippen molar-refractivity contribution in [3.8, 4) is 5.69 Å². The van der Waals surface area contributed by atoms with E-state index in [4.69, 9.17) is 9.72 Å². The zero-order valence-corrected chi connectivity index (χ0v) is 19.9. The van der Waals surface area contributed by atoms with Gasteiger partial charge in [0, 0.05) is 12.8 Å². The molecule has 0 bridgehead atoms. The Hall–Kier alpha value is -3.20. The molecule has 1 aromatic heterocycles. The van der Waals surface area contributed by atoms with Gasteiger partial charge in [0.25, 0.3) is 5.56 Å². The van der Waals surface area contributed by atoms with E-state index >= 15 is 0 Å². The van der Waals surface area contributed by atoms with E-state index in [0.29, 0.717) is 24.5 Å². The molecule has 1 fully saturated rings. The second-order valence-corrected chi connectivity index (χ2v) is 11.2. The first-order valence-corrected chi connectivity index (χ1v) is 12.7. The number of benzene rings is 2. The van der Waals surface area contributed by atoms with Crippen molar-refractivity contribution in [1.82, 2.24) is 14.5 Å². The van der Waals surface area contributed by atoms with Crippen LogP contribution in [0.4, 0.5) is 4.79 Å². The predicted molar refractivity (Wildman–Crippen MR) is 125 cm³/mol. The number of amides is 1. The number of hydrogen-bond acceptors (Lipinski definition) is 6. The molecule has 2 heterocycles. The quantitative estimate of drug-likeness (QED) is 0.578. The number of sulfone groups is 1. The number of nitrogens with zero attached hydrogens (tertiary/aromatic N) is 3. The largest absolute Gasteiger partial charge is 0.444 e. The molecule has 1 aliphatic heterocycles. The molecule has 1 amide bonds. The van der Waals surface area contributed by atoms with Crippen LogP contribution in [0.15, 0.2) is 58.2 Å². The maximum absolute atomic E-state index is 13.8. The van der Waals surface area contributed by atoms with Gasteiger partial charge in [-0.25, -0.2) is 18.2 Å². The molecular weight excluding hydrogens is 442 g/mol. The molecular formula is C24H27N3O5S. The number of aromatic nitrogens is 2. The molecule has 0 radical (unpaired) electrons. The van der Waals surface area contributed by atoms with Gasteiger partial charge in [0.2, 0.25) is 0 Å². The van der Waals surface area contributed by atoms with Crippen LogP contribution in [0.2, 0.25) is 0 Å². The highest BCUT2D eigenvalue weighted by Gasteiger charge is 2.36. The van der Waals surface area contributed by atoms with Crippen LogP contribution in [-0.4, -0.2) is 47.4 Å². The number of fused-ring (bicyclic) bond motifs is 1. The van der Waals surface area contributed by atoms with Gasteiger partial charge >= 0.3 is 6.09 Å². The summed E-state index contributed by atoms with van der Waals surface area (Å²) in [6.07, 6.45) is 1.94. The molecule has 8 nitrogen and oxygen atoms in total. The number of likely N-dealkylation sites (tertiary alicyclic amines) is 1. The van der Waals surface area contributed by atoms with Gasteiger partial charge in [-0.2, -0.15) is 0 Å². The number of hydrogen-bond donors (Lipinski definition) is 0. The average Bonchev–Trinajstić information content (AvgIpc) is 3.22. The van der Waals surface area contributed by atoms with Crippen molar-refractivity contribution in [2.45, 2.75) is 50.2 Å². The van der Waals surface area contributed by atoms with E-state index < -0.39 is 33.1 Å². The molecule has 0 saturated carbocycles. The number of carbonyl (C=O) groups is 1. The average molecular weight is 470 g/mol. The lowest BCUT2D eigenvalue weighted by atomic mass is 10.1. The van der Waals surface area contributed by atoms with Crippen molar-refractivity contribution >= 4 is 26.8 Å². The molecule has 1 aliphatic rings. The number of rotatable bonds is 3. The summed E-state index contributed by atoms with van der Waals surface area (Å²) in [6.45, 7) is 5.89. The van der Waals surface area contributed by atoms with Crippen molar-refractivity contribution in [2.24, 2.45) is 0 Å². The van der Waals surface area contributed by atoms with E-state index in [9.17, 15) is 18.0 Å². The van der Waals surface area contributed by atoms with E-state index in [1.54, 1.807) is 62.1 Å². The first-order valence-electron chi connectivity index (χ1n) is 10.8. The van der Waals surface area contributed by atoms with Crippen LogP contribution in [0.3, 0.4) is 0 Å². The zero-order chi connectivity index (χ0) is 24.0. The van der Waals surface area contributed by atoms with E-state index in [-0.39, 0.29) is 15.8 Å². The highest BCUT2D eigenvalue weighted by Crippen LogP contribution is 2.34. The molecule has 3 aromatic rings. The number of ether oxygens (including phenoxy) is 1. The fourth-order valence-corrected chi connectivity index (χ4v) is 5.04. The third kappa shape index (κ3) is 4.50. The van der Waals surface area contributed by atoms with Gasteiger partial charge in [0.05, 0.1) is 27.5 Å². The first-order chi connectivity index (χ1) is 15.5. The van der Waals surface area contributed by atoms with Crippen LogP contribution in [-0.2, 0) is 14.6 Å². The zero-order valence-electron chi connectivity index (χ0n) is 19.1. The summed E-state index contributed by atoms with van der Waals surface area (Å²) in [5, 5.41) is 0.0365. The second kappa shape index (κ2) is 8.30. The molecule has 1 atom stereocenters. The molecule has 33 heavy (non-hydrogen) atoms. The Morgan fingerprint density at radius 1 is 1.09 bits per heavy atom.